The number of primary amides is 1. The lowest BCUT2D eigenvalue weighted by Crippen LogP contribution is -2.42. The molecule has 5 amide bonds. The first kappa shape index (κ1) is 22.5. The summed E-state index contributed by atoms with van der Waals surface area (Å²) in [6.07, 6.45) is 0. The Morgan fingerprint density at radius 3 is 2.41 bits per heavy atom. The van der Waals surface area contributed by atoms with E-state index in [1.165, 1.54) is 19.1 Å². The molecular weight excluding hydrogens is 436 g/mol. The van der Waals surface area contributed by atoms with Crippen molar-refractivity contribution in [3.63, 3.8) is 0 Å². The summed E-state index contributed by atoms with van der Waals surface area (Å²) in [5.41, 5.74) is 4.92. The summed E-state index contributed by atoms with van der Waals surface area (Å²) >= 11 is 0. The molecule has 0 bridgehead atoms. The zero-order valence-corrected chi connectivity index (χ0v) is 18.3. The maximum atomic E-state index is 13.1. The van der Waals surface area contributed by atoms with Gasteiger partial charge in [0.15, 0.2) is 0 Å². The van der Waals surface area contributed by atoms with Crippen LogP contribution in [0.25, 0.3) is 0 Å². The number of benzene rings is 3. The Labute approximate surface area is 195 Å². The highest BCUT2D eigenvalue weighted by molar-refractivity contribution is 6.10. The Balaban J connectivity index is 1.45. The van der Waals surface area contributed by atoms with Gasteiger partial charge in [0, 0.05) is 17.3 Å². The van der Waals surface area contributed by atoms with E-state index in [1.54, 1.807) is 48.5 Å². The lowest BCUT2D eigenvalue weighted by molar-refractivity contribution is -0.133. The number of ether oxygens (including phenoxy) is 1. The second-order valence-electron chi connectivity index (χ2n) is 7.88. The average Bonchev–Trinajstić information content (AvgIpc) is 3.04. The van der Waals surface area contributed by atoms with Crippen molar-refractivity contribution in [1.82, 2.24) is 10.2 Å². The van der Waals surface area contributed by atoms with Crippen LogP contribution in [0.3, 0.4) is 0 Å². The summed E-state index contributed by atoms with van der Waals surface area (Å²) in [5.74, 6) is -0.672. The normalized spacial score (nSPS) is 17.3. The van der Waals surface area contributed by atoms with Gasteiger partial charge in [-0.05, 0) is 48.9 Å². The van der Waals surface area contributed by atoms with Gasteiger partial charge in [-0.3, -0.25) is 19.3 Å². The molecule has 1 fully saturated rings. The summed E-state index contributed by atoms with van der Waals surface area (Å²) in [5, 5.41) is 5.28. The highest BCUT2D eigenvalue weighted by Crippen LogP contribution is 2.29. The minimum atomic E-state index is -1.44. The Morgan fingerprint density at radius 1 is 0.971 bits per heavy atom. The van der Waals surface area contributed by atoms with E-state index in [2.05, 4.69) is 10.6 Å². The van der Waals surface area contributed by atoms with E-state index in [0.717, 1.165) is 4.90 Å². The fourth-order valence-corrected chi connectivity index (χ4v) is 3.63. The average molecular weight is 458 g/mol. The second kappa shape index (κ2) is 9.07. The zero-order valence-electron chi connectivity index (χ0n) is 18.3. The minimum absolute atomic E-state index is 0.203. The van der Waals surface area contributed by atoms with Gasteiger partial charge < -0.3 is 21.1 Å². The maximum Gasteiger partial charge on any atom is 0.325 e. The van der Waals surface area contributed by atoms with Gasteiger partial charge in [0.2, 0.25) is 11.8 Å². The van der Waals surface area contributed by atoms with Crippen LogP contribution in [0.15, 0.2) is 78.9 Å². The van der Waals surface area contributed by atoms with Crippen LogP contribution < -0.4 is 21.1 Å². The topological polar surface area (TPSA) is 131 Å². The van der Waals surface area contributed by atoms with Gasteiger partial charge in [-0.2, -0.15) is 0 Å². The van der Waals surface area contributed by atoms with Crippen molar-refractivity contribution in [3.8, 4) is 11.5 Å². The van der Waals surface area contributed by atoms with Crippen LogP contribution in [-0.4, -0.2) is 35.2 Å². The smallest absolute Gasteiger partial charge is 0.325 e. The lowest BCUT2D eigenvalue weighted by atomic mass is 9.90. The van der Waals surface area contributed by atoms with E-state index in [9.17, 15) is 19.2 Å². The highest BCUT2D eigenvalue weighted by Gasteiger charge is 2.49. The third kappa shape index (κ3) is 4.58. The summed E-state index contributed by atoms with van der Waals surface area (Å²) in [4.78, 5) is 50.6. The highest BCUT2D eigenvalue weighted by atomic mass is 16.5. The molecule has 1 saturated heterocycles. The molecule has 0 spiro atoms. The molecule has 3 aromatic rings. The van der Waals surface area contributed by atoms with Gasteiger partial charge >= 0.3 is 6.03 Å². The van der Waals surface area contributed by atoms with Gasteiger partial charge in [-0.1, -0.05) is 36.4 Å². The van der Waals surface area contributed by atoms with Crippen LogP contribution in [-0.2, 0) is 15.1 Å². The summed E-state index contributed by atoms with van der Waals surface area (Å²) in [6.45, 7) is 1.02. The number of hydrogen-bond donors (Lipinski definition) is 3. The number of hydrogen-bond acceptors (Lipinski definition) is 5. The van der Waals surface area contributed by atoms with E-state index < -0.39 is 35.8 Å². The van der Waals surface area contributed by atoms with E-state index in [1.807, 2.05) is 18.2 Å². The third-order valence-corrected chi connectivity index (χ3v) is 5.40. The van der Waals surface area contributed by atoms with Crippen LogP contribution in [0.1, 0.15) is 22.8 Å². The van der Waals surface area contributed by atoms with Crippen molar-refractivity contribution < 1.29 is 23.9 Å². The molecule has 3 aromatic carbocycles. The minimum Gasteiger partial charge on any atom is -0.457 e. The Bertz CT molecular complexity index is 1280. The lowest BCUT2D eigenvalue weighted by Gasteiger charge is -2.22. The van der Waals surface area contributed by atoms with Gasteiger partial charge in [-0.15, -0.1) is 0 Å². The van der Waals surface area contributed by atoms with Gasteiger partial charge in [0.25, 0.3) is 5.91 Å². The van der Waals surface area contributed by atoms with Gasteiger partial charge in [0.1, 0.15) is 23.6 Å². The SMILES string of the molecule is C[C@]1(c2cccc(C(N)=O)c2)NC(=O)N(CC(=O)Nc2cccc(Oc3ccccc3)c2)C1=O. The Morgan fingerprint density at radius 2 is 1.68 bits per heavy atom. The molecule has 4 rings (SSSR count). The first-order valence-corrected chi connectivity index (χ1v) is 10.4. The zero-order chi connectivity index (χ0) is 24.3. The summed E-state index contributed by atoms with van der Waals surface area (Å²) in [7, 11) is 0. The second-order valence-corrected chi connectivity index (χ2v) is 7.88. The fourth-order valence-electron chi connectivity index (χ4n) is 3.63. The van der Waals surface area contributed by atoms with Crippen LogP contribution in [0.2, 0.25) is 0 Å². The predicted molar refractivity (Wildman–Crippen MR) is 124 cm³/mol. The van der Waals surface area contributed by atoms with E-state index in [0.29, 0.717) is 22.7 Å². The van der Waals surface area contributed by atoms with Crippen molar-refractivity contribution in [2.24, 2.45) is 5.73 Å². The Hall–Kier alpha value is -4.66. The molecule has 1 aliphatic heterocycles. The molecule has 0 radical (unpaired) electrons. The molecule has 0 aliphatic carbocycles. The fraction of sp³-hybridized carbons (Fsp3) is 0.120. The van der Waals surface area contributed by atoms with Crippen molar-refractivity contribution >= 4 is 29.4 Å². The van der Waals surface area contributed by atoms with E-state index in [-0.39, 0.29) is 5.56 Å². The van der Waals surface area contributed by atoms with Crippen molar-refractivity contribution in [2.45, 2.75) is 12.5 Å². The van der Waals surface area contributed by atoms with Crippen LogP contribution in [0.4, 0.5) is 10.5 Å². The van der Waals surface area contributed by atoms with Crippen LogP contribution in [0.5, 0.6) is 11.5 Å². The number of carbonyl (C=O) groups is 4. The number of rotatable bonds is 7. The van der Waals surface area contributed by atoms with Crippen molar-refractivity contribution in [2.75, 3.05) is 11.9 Å². The summed E-state index contributed by atoms with van der Waals surface area (Å²) in [6, 6.07) is 21.3. The van der Waals surface area contributed by atoms with E-state index in [4.69, 9.17) is 10.5 Å². The number of carbonyl (C=O) groups excluding carboxylic acids is 4. The van der Waals surface area contributed by atoms with Gasteiger partial charge in [-0.25, -0.2) is 4.79 Å². The standard InChI is InChI=1S/C25H22N4O5/c1-25(17-8-5-7-16(13-17)22(26)31)23(32)29(24(33)28-25)15-21(30)27-18-9-6-12-20(14-18)34-19-10-3-2-4-11-19/h2-14H,15H2,1H3,(H2,26,31)(H,27,30)(H,28,33)/t25-/m1/s1. The number of anilines is 1. The predicted octanol–water partition coefficient (Wildman–Crippen LogP) is 2.98. The number of nitrogens with two attached hydrogens (primary N) is 1. The van der Waals surface area contributed by atoms with Crippen LogP contribution >= 0.6 is 0 Å². The molecule has 0 aromatic heterocycles. The van der Waals surface area contributed by atoms with Gasteiger partial charge in [0.05, 0.1) is 0 Å². The molecule has 4 N–H and O–H groups in total. The first-order valence-electron chi connectivity index (χ1n) is 10.4. The first-order chi connectivity index (χ1) is 16.3. The number of amides is 5. The molecule has 34 heavy (non-hydrogen) atoms. The van der Waals surface area contributed by atoms with Crippen molar-refractivity contribution in [1.29, 1.82) is 0 Å². The number of para-hydroxylation sites is 1. The molecular formula is C25H22N4O5. The molecule has 9 nitrogen and oxygen atoms in total. The molecule has 1 aliphatic rings. The molecule has 0 saturated carbocycles. The number of nitrogens with one attached hydrogen (secondary N) is 2. The van der Waals surface area contributed by atoms with Crippen molar-refractivity contribution in [3.05, 3.63) is 90.0 Å². The molecule has 0 unspecified atom stereocenters. The molecule has 1 heterocycles. The number of urea groups is 1. The molecule has 172 valence electrons. The maximum absolute atomic E-state index is 13.1. The quantitative estimate of drug-likeness (QED) is 0.469. The Kier molecular flexibility index (Phi) is 6.01. The number of imide groups is 1. The number of nitrogens with zero attached hydrogens (tertiary/aromatic N) is 1. The molecule has 1 atom stereocenters. The van der Waals surface area contributed by atoms with E-state index >= 15 is 0 Å². The molecule has 9 heteroatoms. The monoisotopic (exact) mass is 458 g/mol. The van der Waals surface area contributed by atoms with Crippen LogP contribution in [0, 0.1) is 0 Å². The third-order valence-electron chi connectivity index (χ3n) is 5.40. The largest absolute Gasteiger partial charge is 0.457 e. The summed E-state index contributed by atoms with van der Waals surface area (Å²) < 4.78 is 5.76.